The molecule has 3 aromatic carbocycles. The second-order valence-corrected chi connectivity index (χ2v) is 7.60. The van der Waals surface area contributed by atoms with E-state index in [1.807, 2.05) is 56.3 Å². The van der Waals surface area contributed by atoms with Gasteiger partial charge in [0.2, 0.25) is 0 Å². The minimum atomic E-state index is -0.292. The predicted molar refractivity (Wildman–Crippen MR) is 121 cm³/mol. The van der Waals surface area contributed by atoms with Gasteiger partial charge in [0, 0.05) is 21.1 Å². The van der Waals surface area contributed by atoms with Crippen LogP contribution >= 0.6 is 15.9 Å². The summed E-state index contributed by atoms with van der Waals surface area (Å²) in [6, 6.07) is 20.3. The van der Waals surface area contributed by atoms with Gasteiger partial charge in [0.1, 0.15) is 22.8 Å². The number of fused-ring (bicyclic) bond motifs is 1. The number of anilines is 1. The topological polar surface area (TPSA) is 60.7 Å². The van der Waals surface area contributed by atoms with Crippen molar-refractivity contribution in [3.05, 3.63) is 82.5 Å². The number of benzene rings is 3. The lowest BCUT2D eigenvalue weighted by atomic mass is 10.1. The maximum Gasteiger partial charge on any atom is 0.291 e. The summed E-state index contributed by atoms with van der Waals surface area (Å²) in [6.45, 7) is 4.44. The summed E-state index contributed by atoms with van der Waals surface area (Å²) >= 11 is 3.45. The molecule has 4 rings (SSSR count). The van der Waals surface area contributed by atoms with Gasteiger partial charge in [-0.15, -0.1) is 0 Å². The predicted octanol–water partition coefficient (Wildman–Crippen LogP) is 6.95. The molecule has 0 saturated carbocycles. The van der Waals surface area contributed by atoms with E-state index in [-0.39, 0.29) is 5.91 Å². The summed E-state index contributed by atoms with van der Waals surface area (Å²) in [7, 11) is 0. The molecule has 6 heteroatoms. The van der Waals surface area contributed by atoms with Crippen LogP contribution in [0, 0.1) is 6.92 Å². The van der Waals surface area contributed by atoms with E-state index in [1.54, 1.807) is 24.3 Å². The highest BCUT2D eigenvalue weighted by Crippen LogP contribution is 2.29. The van der Waals surface area contributed by atoms with Crippen LogP contribution in [0.2, 0.25) is 0 Å². The molecule has 0 atom stereocenters. The Morgan fingerprint density at radius 1 is 0.967 bits per heavy atom. The first-order valence-electron chi connectivity index (χ1n) is 9.54. The van der Waals surface area contributed by atoms with Gasteiger partial charge in [-0.05, 0) is 80.6 Å². The molecule has 0 unspecified atom stereocenters. The van der Waals surface area contributed by atoms with E-state index in [4.69, 9.17) is 13.9 Å². The number of amides is 1. The lowest BCUT2D eigenvalue weighted by Gasteiger charge is -2.09. The van der Waals surface area contributed by atoms with Crippen LogP contribution < -0.4 is 14.8 Å². The van der Waals surface area contributed by atoms with Gasteiger partial charge >= 0.3 is 0 Å². The van der Waals surface area contributed by atoms with Crippen molar-refractivity contribution in [1.29, 1.82) is 0 Å². The van der Waals surface area contributed by atoms with Gasteiger partial charge in [-0.1, -0.05) is 15.9 Å². The van der Waals surface area contributed by atoms with Gasteiger partial charge in [0.25, 0.3) is 5.91 Å². The number of carbonyl (C=O) groups excluding carboxylic acids is 1. The van der Waals surface area contributed by atoms with Crippen LogP contribution in [0.1, 0.15) is 23.0 Å². The second kappa shape index (κ2) is 8.63. The molecule has 0 aliphatic rings. The number of halogens is 1. The Kier molecular flexibility index (Phi) is 5.77. The molecule has 1 heterocycles. The Morgan fingerprint density at radius 3 is 2.27 bits per heavy atom. The molecule has 0 aliphatic carbocycles. The number of carbonyl (C=O) groups is 1. The van der Waals surface area contributed by atoms with E-state index < -0.39 is 0 Å². The summed E-state index contributed by atoms with van der Waals surface area (Å²) < 4.78 is 18.0. The Morgan fingerprint density at radius 2 is 1.60 bits per heavy atom. The number of rotatable bonds is 6. The Balaban J connectivity index is 1.44. The number of hydrogen-bond donors (Lipinski definition) is 1. The average molecular weight is 466 g/mol. The molecular formula is C24H20BrNO4. The van der Waals surface area contributed by atoms with Crippen molar-refractivity contribution in [2.24, 2.45) is 0 Å². The third kappa shape index (κ3) is 4.33. The Bertz CT molecular complexity index is 1180. The van der Waals surface area contributed by atoms with Crippen LogP contribution in [-0.4, -0.2) is 12.5 Å². The minimum Gasteiger partial charge on any atom is -0.494 e. The fraction of sp³-hybridized carbons (Fsp3) is 0.125. The van der Waals surface area contributed by atoms with E-state index in [2.05, 4.69) is 21.2 Å². The van der Waals surface area contributed by atoms with Crippen molar-refractivity contribution in [2.75, 3.05) is 11.9 Å². The van der Waals surface area contributed by atoms with Gasteiger partial charge in [0.05, 0.1) is 6.61 Å². The molecule has 0 aliphatic heterocycles. The lowest BCUT2D eigenvalue weighted by molar-refractivity contribution is 0.0998. The maximum absolute atomic E-state index is 12.7. The molecule has 0 saturated heterocycles. The monoisotopic (exact) mass is 465 g/mol. The molecule has 152 valence electrons. The molecule has 0 spiro atoms. The number of furan rings is 1. The van der Waals surface area contributed by atoms with Crippen LogP contribution in [0.5, 0.6) is 17.2 Å². The lowest BCUT2D eigenvalue weighted by Crippen LogP contribution is -2.11. The van der Waals surface area contributed by atoms with Crippen molar-refractivity contribution < 1.29 is 18.7 Å². The number of aryl methyl sites for hydroxylation is 1. The first-order chi connectivity index (χ1) is 14.5. The summed E-state index contributed by atoms with van der Waals surface area (Å²) in [5.41, 5.74) is 2.14. The van der Waals surface area contributed by atoms with Gasteiger partial charge in [-0.2, -0.15) is 0 Å². The van der Waals surface area contributed by atoms with E-state index in [0.717, 1.165) is 21.2 Å². The van der Waals surface area contributed by atoms with Gasteiger partial charge in [0.15, 0.2) is 5.76 Å². The maximum atomic E-state index is 12.7. The smallest absolute Gasteiger partial charge is 0.291 e. The highest BCUT2D eigenvalue weighted by molar-refractivity contribution is 9.10. The molecule has 4 aromatic rings. The molecule has 0 fully saturated rings. The summed E-state index contributed by atoms with van der Waals surface area (Å²) in [6.07, 6.45) is 0. The van der Waals surface area contributed by atoms with Gasteiger partial charge in [-0.25, -0.2) is 0 Å². The fourth-order valence-electron chi connectivity index (χ4n) is 3.11. The van der Waals surface area contributed by atoms with E-state index in [9.17, 15) is 4.79 Å². The highest BCUT2D eigenvalue weighted by Gasteiger charge is 2.18. The largest absolute Gasteiger partial charge is 0.494 e. The number of ether oxygens (including phenoxy) is 2. The van der Waals surface area contributed by atoms with Gasteiger partial charge in [-0.3, -0.25) is 4.79 Å². The Labute approximate surface area is 182 Å². The third-order valence-electron chi connectivity index (χ3n) is 4.59. The van der Waals surface area contributed by atoms with Crippen LogP contribution in [-0.2, 0) is 0 Å². The molecular weight excluding hydrogens is 446 g/mol. The molecule has 0 bridgehead atoms. The van der Waals surface area contributed by atoms with E-state index >= 15 is 0 Å². The van der Waals surface area contributed by atoms with Crippen molar-refractivity contribution in [3.8, 4) is 17.2 Å². The molecule has 5 nitrogen and oxygen atoms in total. The average Bonchev–Trinajstić information content (AvgIpc) is 3.07. The molecule has 1 amide bonds. The van der Waals surface area contributed by atoms with E-state index in [0.29, 0.717) is 35.1 Å². The summed E-state index contributed by atoms with van der Waals surface area (Å²) in [5, 5.41) is 3.78. The zero-order valence-corrected chi connectivity index (χ0v) is 18.2. The zero-order valence-electron chi connectivity index (χ0n) is 16.6. The summed E-state index contributed by atoms with van der Waals surface area (Å²) in [4.78, 5) is 12.7. The van der Waals surface area contributed by atoms with E-state index in [1.165, 1.54) is 0 Å². The van der Waals surface area contributed by atoms with Gasteiger partial charge < -0.3 is 19.2 Å². The van der Waals surface area contributed by atoms with Crippen LogP contribution in [0.25, 0.3) is 11.0 Å². The fourth-order valence-corrected chi connectivity index (χ4v) is 3.47. The standard InChI is InChI=1S/C24H20BrNO4/c1-3-28-18-9-11-20(12-10-18)29-19-7-5-17(6-8-19)26-24(27)23-15(2)21-14-16(25)4-13-22(21)30-23/h4-14H,3H2,1-2H3,(H,26,27). The molecule has 1 N–H and O–H groups in total. The van der Waals surface area contributed by atoms with Crippen molar-refractivity contribution >= 4 is 38.5 Å². The molecule has 30 heavy (non-hydrogen) atoms. The molecule has 1 aromatic heterocycles. The van der Waals surface area contributed by atoms with Crippen molar-refractivity contribution in [2.45, 2.75) is 13.8 Å². The zero-order chi connectivity index (χ0) is 21.1. The van der Waals surface area contributed by atoms with Crippen LogP contribution in [0.15, 0.2) is 75.6 Å². The first kappa shape index (κ1) is 20.0. The number of hydrogen-bond acceptors (Lipinski definition) is 4. The number of nitrogens with one attached hydrogen (secondary N) is 1. The Hall–Kier alpha value is -3.25. The minimum absolute atomic E-state index is 0.292. The van der Waals surface area contributed by atoms with Crippen molar-refractivity contribution in [1.82, 2.24) is 0 Å². The van der Waals surface area contributed by atoms with Crippen LogP contribution in [0.3, 0.4) is 0 Å². The SMILES string of the molecule is CCOc1ccc(Oc2ccc(NC(=O)c3oc4ccc(Br)cc4c3C)cc2)cc1. The highest BCUT2D eigenvalue weighted by atomic mass is 79.9. The van der Waals surface area contributed by atoms with Crippen molar-refractivity contribution in [3.63, 3.8) is 0 Å². The second-order valence-electron chi connectivity index (χ2n) is 6.68. The van der Waals surface area contributed by atoms with Crippen LogP contribution in [0.4, 0.5) is 5.69 Å². The first-order valence-corrected chi connectivity index (χ1v) is 10.3. The third-order valence-corrected chi connectivity index (χ3v) is 5.08. The normalized spacial score (nSPS) is 10.8. The quantitative estimate of drug-likeness (QED) is 0.334. The summed E-state index contributed by atoms with van der Waals surface area (Å²) in [5.74, 6) is 2.19. The molecule has 0 radical (unpaired) electrons.